The molecule has 0 aliphatic carbocycles. The Kier molecular flexibility index (Phi) is 7.45. The third-order valence-electron chi connectivity index (χ3n) is 4.05. The van der Waals surface area contributed by atoms with Crippen molar-refractivity contribution in [2.75, 3.05) is 34.4 Å². The van der Waals surface area contributed by atoms with Gasteiger partial charge in [-0.3, -0.25) is 4.79 Å². The van der Waals surface area contributed by atoms with Crippen molar-refractivity contribution < 1.29 is 19.0 Å². The van der Waals surface area contributed by atoms with Crippen molar-refractivity contribution in [3.63, 3.8) is 0 Å². The van der Waals surface area contributed by atoms with E-state index in [1.165, 1.54) is 14.2 Å². The summed E-state index contributed by atoms with van der Waals surface area (Å²) >= 11 is 0. The molecule has 130 valence electrons. The Morgan fingerprint density at radius 3 is 2.43 bits per heavy atom. The normalized spacial score (nSPS) is 20.2. The average molecular weight is 345 g/mol. The zero-order chi connectivity index (χ0) is 16.1. The van der Waals surface area contributed by atoms with Gasteiger partial charge < -0.3 is 24.8 Å². The largest absolute Gasteiger partial charge is 0.493 e. The number of benzene rings is 1. The van der Waals surface area contributed by atoms with Crippen LogP contribution in [0.1, 0.15) is 23.7 Å². The Morgan fingerprint density at radius 2 is 1.87 bits per heavy atom. The highest BCUT2D eigenvalue weighted by Crippen LogP contribution is 2.39. The zero-order valence-corrected chi connectivity index (χ0v) is 14.8. The van der Waals surface area contributed by atoms with E-state index >= 15 is 0 Å². The molecular formula is C16H25ClN2O4. The molecule has 0 spiro atoms. The predicted molar refractivity (Wildman–Crippen MR) is 91.3 cm³/mol. The molecule has 1 aromatic rings. The average Bonchev–Trinajstić information content (AvgIpc) is 2.55. The van der Waals surface area contributed by atoms with Crippen LogP contribution in [0.3, 0.4) is 0 Å². The van der Waals surface area contributed by atoms with Gasteiger partial charge in [0.05, 0.1) is 26.9 Å². The molecule has 2 rings (SSSR count). The summed E-state index contributed by atoms with van der Waals surface area (Å²) in [5.41, 5.74) is 0.450. The summed E-state index contributed by atoms with van der Waals surface area (Å²) in [6, 6.07) is 3.56. The molecule has 1 amide bonds. The molecule has 1 aromatic carbocycles. The Bertz CT molecular complexity index is 539. The number of nitrogens with one attached hydrogen (secondary N) is 2. The van der Waals surface area contributed by atoms with Gasteiger partial charge in [-0.1, -0.05) is 6.92 Å². The lowest BCUT2D eigenvalue weighted by molar-refractivity contribution is 0.0910. The topological polar surface area (TPSA) is 68.8 Å². The molecule has 1 heterocycles. The second-order valence-corrected chi connectivity index (χ2v) is 5.43. The van der Waals surface area contributed by atoms with Crippen molar-refractivity contribution >= 4 is 18.3 Å². The van der Waals surface area contributed by atoms with Crippen LogP contribution in [-0.2, 0) is 0 Å². The van der Waals surface area contributed by atoms with Crippen LogP contribution < -0.4 is 24.8 Å². The highest BCUT2D eigenvalue weighted by molar-refractivity contribution is 5.98. The van der Waals surface area contributed by atoms with Crippen LogP contribution in [0.15, 0.2) is 12.1 Å². The fourth-order valence-electron chi connectivity index (χ4n) is 2.75. The second kappa shape index (κ2) is 8.84. The molecule has 7 heteroatoms. The van der Waals surface area contributed by atoms with E-state index in [9.17, 15) is 4.79 Å². The fourth-order valence-corrected chi connectivity index (χ4v) is 2.75. The molecule has 0 bridgehead atoms. The standard InChI is InChI=1S/C16H24N2O4.ClH/c1-10-9-17-8-7-12(10)18-16(19)11-5-6-13(20-2)15(22-4)14(11)21-3;/h5-6,10,12,17H,7-9H2,1-4H3,(H,18,19);1H. The van der Waals surface area contributed by atoms with Gasteiger partial charge in [0.1, 0.15) is 0 Å². The molecule has 1 fully saturated rings. The molecule has 0 saturated carbocycles. The van der Waals surface area contributed by atoms with E-state index in [1.807, 2.05) is 0 Å². The summed E-state index contributed by atoms with van der Waals surface area (Å²) in [4.78, 5) is 12.6. The van der Waals surface area contributed by atoms with Crippen molar-refractivity contribution in [2.24, 2.45) is 5.92 Å². The van der Waals surface area contributed by atoms with Crippen LogP contribution in [0.5, 0.6) is 17.2 Å². The van der Waals surface area contributed by atoms with E-state index in [0.717, 1.165) is 19.5 Å². The van der Waals surface area contributed by atoms with Crippen molar-refractivity contribution in [1.82, 2.24) is 10.6 Å². The SMILES string of the molecule is COc1ccc(C(=O)NC2CCNCC2C)c(OC)c1OC.Cl. The van der Waals surface area contributed by atoms with Gasteiger partial charge in [0.15, 0.2) is 11.5 Å². The van der Waals surface area contributed by atoms with Crippen molar-refractivity contribution in [3.8, 4) is 17.2 Å². The number of hydrogen-bond acceptors (Lipinski definition) is 5. The molecule has 2 unspecified atom stereocenters. The Balaban J connectivity index is 0.00000264. The number of rotatable bonds is 5. The summed E-state index contributed by atoms with van der Waals surface area (Å²) in [7, 11) is 4.59. The van der Waals surface area contributed by atoms with Gasteiger partial charge in [-0.05, 0) is 37.6 Å². The highest BCUT2D eigenvalue weighted by atomic mass is 35.5. The highest BCUT2D eigenvalue weighted by Gasteiger charge is 2.26. The number of amides is 1. The molecule has 6 nitrogen and oxygen atoms in total. The minimum absolute atomic E-state index is 0. The number of carbonyl (C=O) groups is 1. The summed E-state index contributed by atoms with van der Waals surface area (Å²) in [6.07, 6.45) is 0.919. The lowest BCUT2D eigenvalue weighted by Crippen LogP contribution is -2.48. The maximum Gasteiger partial charge on any atom is 0.255 e. The first-order chi connectivity index (χ1) is 10.6. The van der Waals surface area contributed by atoms with Crippen LogP contribution >= 0.6 is 12.4 Å². The minimum Gasteiger partial charge on any atom is -0.493 e. The van der Waals surface area contributed by atoms with Crippen LogP contribution in [-0.4, -0.2) is 46.4 Å². The van der Waals surface area contributed by atoms with Gasteiger partial charge in [-0.2, -0.15) is 0 Å². The number of piperidine rings is 1. The maximum absolute atomic E-state index is 12.6. The maximum atomic E-state index is 12.6. The first-order valence-corrected chi connectivity index (χ1v) is 7.42. The van der Waals surface area contributed by atoms with E-state index < -0.39 is 0 Å². The van der Waals surface area contributed by atoms with Gasteiger partial charge in [-0.25, -0.2) is 0 Å². The Labute approximate surface area is 143 Å². The molecule has 2 N–H and O–H groups in total. The number of hydrogen-bond donors (Lipinski definition) is 2. The first kappa shape index (κ1) is 19.4. The molecule has 0 radical (unpaired) electrons. The molecule has 1 saturated heterocycles. The number of methoxy groups -OCH3 is 3. The van der Waals surface area contributed by atoms with E-state index in [2.05, 4.69) is 17.6 Å². The molecule has 1 aliphatic rings. The molecule has 0 aromatic heterocycles. The summed E-state index contributed by atoms with van der Waals surface area (Å²) in [6.45, 7) is 3.95. The van der Waals surface area contributed by atoms with E-state index in [0.29, 0.717) is 28.7 Å². The number of ether oxygens (including phenoxy) is 3. The monoisotopic (exact) mass is 344 g/mol. The van der Waals surface area contributed by atoms with E-state index in [-0.39, 0.29) is 24.4 Å². The smallest absolute Gasteiger partial charge is 0.255 e. The van der Waals surface area contributed by atoms with Gasteiger partial charge in [-0.15, -0.1) is 12.4 Å². The molecule has 1 aliphatic heterocycles. The van der Waals surface area contributed by atoms with Gasteiger partial charge in [0.25, 0.3) is 5.91 Å². The van der Waals surface area contributed by atoms with Gasteiger partial charge in [0.2, 0.25) is 5.75 Å². The van der Waals surface area contributed by atoms with Gasteiger partial charge in [0, 0.05) is 6.04 Å². The van der Waals surface area contributed by atoms with Gasteiger partial charge >= 0.3 is 0 Å². The van der Waals surface area contributed by atoms with E-state index in [4.69, 9.17) is 14.2 Å². The predicted octanol–water partition coefficient (Wildman–Crippen LogP) is 1.86. The van der Waals surface area contributed by atoms with Crippen LogP contribution in [0.2, 0.25) is 0 Å². The van der Waals surface area contributed by atoms with Crippen molar-refractivity contribution in [1.29, 1.82) is 0 Å². The quantitative estimate of drug-likeness (QED) is 0.853. The van der Waals surface area contributed by atoms with Crippen molar-refractivity contribution in [3.05, 3.63) is 17.7 Å². The minimum atomic E-state index is -0.156. The molecule has 2 atom stereocenters. The fraction of sp³-hybridized carbons (Fsp3) is 0.562. The Hall–Kier alpha value is -1.66. The Morgan fingerprint density at radius 1 is 1.17 bits per heavy atom. The summed E-state index contributed by atoms with van der Waals surface area (Å²) < 4.78 is 15.9. The first-order valence-electron chi connectivity index (χ1n) is 7.42. The van der Waals surface area contributed by atoms with Crippen LogP contribution in [0, 0.1) is 5.92 Å². The summed E-state index contributed by atoms with van der Waals surface area (Å²) in [5, 5.41) is 6.41. The number of halogens is 1. The second-order valence-electron chi connectivity index (χ2n) is 5.43. The van der Waals surface area contributed by atoms with Crippen LogP contribution in [0.25, 0.3) is 0 Å². The lowest BCUT2D eigenvalue weighted by Gasteiger charge is -2.30. The number of carbonyl (C=O) groups excluding carboxylic acids is 1. The van der Waals surface area contributed by atoms with E-state index in [1.54, 1.807) is 19.2 Å². The van der Waals surface area contributed by atoms with Crippen molar-refractivity contribution in [2.45, 2.75) is 19.4 Å². The summed E-state index contributed by atoms with van der Waals surface area (Å²) in [5.74, 6) is 1.59. The van der Waals surface area contributed by atoms with Crippen LogP contribution in [0.4, 0.5) is 0 Å². The lowest BCUT2D eigenvalue weighted by atomic mass is 9.95. The zero-order valence-electron chi connectivity index (χ0n) is 14.0. The third kappa shape index (κ3) is 4.20. The third-order valence-corrected chi connectivity index (χ3v) is 4.05. The molecule has 23 heavy (non-hydrogen) atoms. The molecular weight excluding hydrogens is 320 g/mol.